The molecule has 0 saturated carbocycles. The molecule has 1 atom stereocenters. The van der Waals surface area contributed by atoms with Crippen molar-refractivity contribution in [3.05, 3.63) is 35.1 Å². The monoisotopic (exact) mass is 274 g/mol. The lowest BCUT2D eigenvalue weighted by molar-refractivity contribution is -0.138. The second-order valence-corrected chi connectivity index (χ2v) is 4.50. The van der Waals surface area contributed by atoms with Crippen LogP contribution in [0.4, 0.5) is 13.2 Å². The summed E-state index contributed by atoms with van der Waals surface area (Å²) in [4.78, 5) is 11.7. The largest absolute Gasteiger partial charge is 0.379 e. The zero-order valence-corrected chi connectivity index (χ0v) is 9.97. The number of hydrogen-bond donors (Lipinski definition) is 3. The highest BCUT2D eigenvalue weighted by Crippen LogP contribution is 2.16. The number of rotatable bonds is 3. The summed E-state index contributed by atoms with van der Waals surface area (Å²) in [5.74, 6) is -4.14. The molecule has 2 rings (SSSR count). The van der Waals surface area contributed by atoms with Gasteiger partial charge in [-0.15, -0.1) is 0 Å². The standard InChI is InChI=1S/C12H13F3N2O2/c13-8-3-7(10(15)9(14)4-8)5-17-11(18)12(19)1-2-16-6-12/h3-4,16,19H,1-2,5-6H2,(H,17,18). The van der Waals surface area contributed by atoms with Gasteiger partial charge in [0.1, 0.15) is 5.82 Å². The van der Waals surface area contributed by atoms with E-state index in [1.165, 1.54) is 0 Å². The average molecular weight is 274 g/mol. The molecule has 0 spiro atoms. The van der Waals surface area contributed by atoms with Gasteiger partial charge in [-0.3, -0.25) is 4.79 Å². The first-order valence-electron chi connectivity index (χ1n) is 5.77. The van der Waals surface area contributed by atoms with E-state index < -0.39 is 29.0 Å². The van der Waals surface area contributed by atoms with Crippen LogP contribution in [0.3, 0.4) is 0 Å². The highest BCUT2D eigenvalue weighted by atomic mass is 19.2. The van der Waals surface area contributed by atoms with E-state index >= 15 is 0 Å². The first-order valence-corrected chi connectivity index (χ1v) is 5.77. The first kappa shape index (κ1) is 13.8. The summed E-state index contributed by atoms with van der Waals surface area (Å²) in [6.07, 6.45) is 0.235. The summed E-state index contributed by atoms with van der Waals surface area (Å²) in [6.45, 7) is 0.202. The Bertz CT molecular complexity index is 502. The number of halogens is 3. The van der Waals surface area contributed by atoms with E-state index in [0.717, 1.165) is 6.07 Å². The summed E-state index contributed by atoms with van der Waals surface area (Å²) in [5.41, 5.74) is -1.86. The van der Waals surface area contributed by atoms with Gasteiger partial charge in [-0.05, 0) is 19.0 Å². The van der Waals surface area contributed by atoms with E-state index in [-0.39, 0.29) is 25.1 Å². The fourth-order valence-corrected chi connectivity index (χ4v) is 1.95. The van der Waals surface area contributed by atoms with Crippen molar-refractivity contribution in [2.45, 2.75) is 18.6 Å². The van der Waals surface area contributed by atoms with Crippen molar-refractivity contribution in [2.24, 2.45) is 0 Å². The predicted octanol–water partition coefficient (Wildman–Crippen LogP) is 0.444. The fraction of sp³-hybridized carbons (Fsp3) is 0.417. The summed E-state index contributed by atoms with van der Waals surface area (Å²) in [5, 5.41) is 15.0. The molecular formula is C12H13F3N2O2. The zero-order chi connectivity index (χ0) is 14.0. The lowest BCUT2D eigenvalue weighted by Gasteiger charge is -2.20. The van der Waals surface area contributed by atoms with E-state index in [1.807, 2.05) is 0 Å². The Hall–Kier alpha value is -1.60. The molecule has 7 heteroatoms. The summed E-state index contributed by atoms with van der Waals surface area (Å²) in [7, 11) is 0. The number of carbonyl (C=O) groups excluding carboxylic acids is 1. The molecule has 19 heavy (non-hydrogen) atoms. The Labute approximate surface area is 107 Å². The minimum absolute atomic E-state index is 0.0961. The van der Waals surface area contributed by atoms with E-state index in [1.54, 1.807) is 0 Å². The van der Waals surface area contributed by atoms with Crippen LogP contribution < -0.4 is 10.6 Å². The third-order valence-electron chi connectivity index (χ3n) is 3.06. The van der Waals surface area contributed by atoms with Crippen molar-refractivity contribution in [1.29, 1.82) is 0 Å². The summed E-state index contributed by atoms with van der Waals surface area (Å²) < 4.78 is 39.2. The third-order valence-corrected chi connectivity index (χ3v) is 3.06. The molecule has 0 aliphatic carbocycles. The van der Waals surface area contributed by atoms with Crippen molar-refractivity contribution in [3.63, 3.8) is 0 Å². The fourth-order valence-electron chi connectivity index (χ4n) is 1.95. The first-order chi connectivity index (χ1) is 8.92. The molecule has 1 aromatic carbocycles. The quantitative estimate of drug-likeness (QED) is 0.701. The molecule has 1 aliphatic heterocycles. The highest BCUT2D eigenvalue weighted by molar-refractivity contribution is 5.85. The molecule has 1 amide bonds. The third kappa shape index (κ3) is 2.87. The van der Waals surface area contributed by atoms with Crippen LogP contribution in [0, 0.1) is 17.5 Å². The van der Waals surface area contributed by atoms with Gasteiger partial charge in [-0.25, -0.2) is 13.2 Å². The number of aliphatic hydroxyl groups is 1. The smallest absolute Gasteiger partial charge is 0.253 e. The molecule has 1 heterocycles. The van der Waals surface area contributed by atoms with Crippen molar-refractivity contribution in [3.8, 4) is 0 Å². The molecule has 3 N–H and O–H groups in total. The maximum atomic E-state index is 13.3. The second kappa shape index (κ2) is 5.18. The number of amides is 1. The van der Waals surface area contributed by atoms with E-state index in [2.05, 4.69) is 10.6 Å². The van der Waals surface area contributed by atoms with Gasteiger partial charge < -0.3 is 15.7 Å². The molecule has 104 valence electrons. The van der Waals surface area contributed by atoms with Gasteiger partial charge >= 0.3 is 0 Å². The van der Waals surface area contributed by atoms with Crippen LogP contribution in [-0.2, 0) is 11.3 Å². The maximum Gasteiger partial charge on any atom is 0.253 e. The second-order valence-electron chi connectivity index (χ2n) is 4.50. The lowest BCUT2D eigenvalue weighted by atomic mass is 10.0. The molecule has 1 fully saturated rings. The summed E-state index contributed by atoms with van der Waals surface area (Å²) >= 11 is 0. The molecule has 1 aromatic rings. The van der Waals surface area contributed by atoms with Gasteiger partial charge in [-0.1, -0.05) is 0 Å². The predicted molar refractivity (Wildman–Crippen MR) is 60.6 cm³/mol. The van der Waals surface area contributed by atoms with Crippen molar-refractivity contribution in [2.75, 3.05) is 13.1 Å². The highest BCUT2D eigenvalue weighted by Gasteiger charge is 2.38. The number of β-amino-alcohol motifs (C(OH)–C–C–N with tert-alkyl or cyclic N) is 1. The maximum absolute atomic E-state index is 13.3. The molecule has 0 radical (unpaired) electrons. The number of benzene rings is 1. The van der Waals surface area contributed by atoms with E-state index in [9.17, 15) is 23.1 Å². The summed E-state index contributed by atoms with van der Waals surface area (Å²) in [6, 6.07) is 1.23. The molecule has 0 aromatic heterocycles. The van der Waals surface area contributed by atoms with Crippen LogP contribution in [0.5, 0.6) is 0 Å². The lowest BCUT2D eigenvalue weighted by Crippen LogP contribution is -2.48. The Balaban J connectivity index is 2.05. The van der Waals surface area contributed by atoms with E-state index in [0.29, 0.717) is 12.6 Å². The van der Waals surface area contributed by atoms with Gasteiger partial charge in [0, 0.05) is 24.7 Å². The van der Waals surface area contributed by atoms with Crippen LogP contribution in [-0.4, -0.2) is 29.7 Å². The van der Waals surface area contributed by atoms with Crippen LogP contribution >= 0.6 is 0 Å². The topological polar surface area (TPSA) is 61.4 Å². The SMILES string of the molecule is O=C(NCc1cc(F)cc(F)c1F)C1(O)CCNC1. The minimum Gasteiger partial charge on any atom is -0.379 e. The normalized spacial score (nSPS) is 22.5. The molecular weight excluding hydrogens is 261 g/mol. The van der Waals surface area contributed by atoms with E-state index in [4.69, 9.17) is 0 Å². The minimum atomic E-state index is -1.55. The van der Waals surface area contributed by atoms with Gasteiger partial charge in [0.15, 0.2) is 17.2 Å². The van der Waals surface area contributed by atoms with Crippen LogP contribution in [0.1, 0.15) is 12.0 Å². The van der Waals surface area contributed by atoms with Gasteiger partial charge in [0.05, 0.1) is 0 Å². The number of hydrogen-bond acceptors (Lipinski definition) is 3. The number of carbonyl (C=O) groups is 1. The van der Waals surface area contributed by atoms with Crippen molar-refractivity contribution in [1.82, 2.24) is 10.6 Å². The Morgan fingerprint density at radius 3 is 2.79 bits per heavy atom. The Kier molecular flexibility index (Phi) is 3.77. The van der Waals surface area contributed by atoms with Crippen molar-refractivity contribution < 1.29 is 23.1 Å². The number of nitrogens with one attached hydrogen (secondary N) is 2. The van der Waals surface area contributed by atoms with Crippen molar-refractivity contribution >= 4 is 5.91 Å². The van der Waals surface area contributed by atoms with Gasteiger partial charge in [0.2, 0.25) is 0 Å². The molecule has 1 saturated heterocycles. The van der Waals surface area contributed by atoms with Crippen LogP contribution in [0.25, 0.3) is 0 Å². The Morgan fingerprint density at radius 1 is 1.42 bits per heavy atom. The van der Waals surface area contributed by atoms with Gasteiger partial charge in [0.25, 0.3) is 5.91 Å². The zero-order valence-electron chi connectivity index (χ0n) is 9.97. The average Bonchev–Trinajstić information content (AvgIpc) is 2.80. The van der Waals surface area contributed by atoms with Crippen LogP contribution in [0.15, 0.2) is 12.1 Å². The van der Waals surface area contributed by atoms with Gasteiger partial charge in [-0.2, -0.15) is 0 Å². The molecule has 0 bridgehead atoms. The molecule has 1 aliphatic rings. The molecule has 1 unspecified atom stereocenters. The van der Waals surface area contributed by atoms with Crippen LogP contribution in [0.2, 0.25) is 0 Å². The molecule has 4 nitrogen and oxygen atoms in total. The Morgan fingerprint density at radius 2 is 2.16 bits per heavy atom.